The average Bonchev–Trinajstić information content (AvgIpc) is 2.89. The van der Waals surface area contributed by atoms with Gasteiger partial charge in [0, 0.05) is 24.3 Å². The SMILES string of the molecule is CCCCC(=O)OCCNc1cc(C)nc2[nH]ncc12. The quantitative estimate of drug-likeness (QED) is 0.599. The van der Waals surface area contributed by atoms with E-state index < -0.39 is 0 Å². The van der Waals surface area contributed by atoms with Gasteiger partial charge in [0.05, 0.1) is 11.6 Å². The van der Waals surface area contributed by atoms with Gasteiger partial charge >= 0.3 is 5.97 Å². The molecule has 108 valence electrons. The van der Waals surface area contributed by atoms with Gasteiger partial charge in [-0.15, -0.1) is 0 Å². The minimum atomic E-state index is -0.131. The number of aryl methyl sites for hydroxylation is 1. The third-order valence-electron chi connectivity index (χ3n) is 2.97. The minimum Gasteiger partial charge on any atom is -0.464 e. The Morgan fingerprint density at radius 1 is 1.50 bits per heavy atom. The van der Waals surface area contributed by atoms with E-state index in [1.807, 2.05) is 13.0 Å². The first-order valence-electron chi connectivity index (χ1n) is 6.91. The van der Waals surface area contributed by atoms with Crippen molar-refractivity contribution >= 4 is 22.7 Å². The van der Waals surface area contributed by atoms with E-state index in [1.54, 1.807) is 6.20 Å². The molecule has 2 rings (SSSR count). The first-order valence-corrected chi connectivity index (χ1v) is 6.91. The Hall–Kier alpha value is -2.11. The molecule has 0 aliphatic rings. The number of nitrogens with zero attached hydrogens (tertiary/aromatic N) is 2. The van der Waals surface area contributed by atoms with Crippen molar-refractivity contribution in [3.63, 3.8) is 0 Å². The number of H-pyrrole nitrogens is 1. The van der Waals surface area contributed by atoms with Crippen LogP contribution in [0.5, 0.6) is 0 Å². The molecule has 2 aromatic rings. The van der Waals surface area contributed by atoms with Crippen LogP contribution in [-0.4, -0.2) is 34.3 Å². The first-order chi connectivity index (χ1) is 9.70. The lowest BCUT2D eigenvalue weighted by atomic mass is 10.2. The zero-order valence-electron chi connectivity index (χ0n) is 11.9. The normalized spacial score (nSPS) is 10.7. The first kappa shape index (κ1) is 14.3. The fourth-order valence-corrected chi connectivity index (χ4v) is 1.95. The predicted octanol–water partition coefficient (Wildman–Crippen LogP) is 2.41. The Bertz CT molecular complexity index is 580. The van der Waals surface area contributed by atoms with Crippen molar-refractivity contribution in [3.05, 3.63) is 18.0 Å². The van der Waals surface area contributed by atoms with Gasteiger partial charge < -0.3 is 10.1 Å². The Balaban J connectivity index is 1.84. The van der Waals surface area contributed by atoms with E-state index in [1.165, 1.54) is 0 Å². The lowest BCUT2D eigenvalue weighted by molar-refractivity contribution is -0.143. The summed E-state index contributed by atoms with van der Waals surface area (Å²) >= 11 is 0. The molecule has 0 aliphatic carbocycles. The lowest BCUT2D eigenvalue weighted by Gasteiger charge is -2.09. The van der Waals surface area contributed by atoms with Gasteiger partial charge in [0.15, 0.2) is 5.65 Å². The second-order valence-electron chi connectivity index (χ2n) is 4.69. The monoisotopic (exact) mass is 276 g/mol. The van der Waals surface area contributed by atoms with E-state index in [2.05, 4.69) is 27.4 Å². The zero-order chi connectivity index (χ0) is 14.4. The fourth-order valence-electron chi connectivity index (χ4n) is 1.95. The van der Waals surface area contributed by atoms with Crippen LogP contribution in [-0.2, 0) is 9.53 Å². The van der Waals surface area contributed by atoms with Gasteiger partial charge in [-0.25, -0.2) is 4.98 Å². The molecule has 0 atom stereocenters. The summed E-state index contributed by atoms with van der Waals surface area (Å²) in [5.41, 5.74) is 2.61. The minimum absolute atomic E-state index is 0.131. The molecule has 20 heavy (non-hydrogen) atoms. The summed E-state index contributed by atoms with van der Waals surface area (Å²) in [6, 6.07) is 1.96. The largest absolute Gasteiger partial charge is 0.464 e. The van der Waals surface area contributed by atoms with Crippen molar-refractivity contribution < 1.29 is 9.53 Å². The number of hydrogen-bond acceptors (Lipinski definition) is 5. The summed E-state index contributed by atoms with van der Waals surface area (Å²) in [5.74, 6) is -0.131. The molecule has 6 heteroatoms. The summed E-state index contributed by atoms with van der Waals surface area (Å²) in [5, 5.41) is 11.0. The van der Waals surface area contributed by atoms with Crippen LogP contribution in [0.2, 0.25) is 0 Å². The predicted molar refractivity (Wildman–Crippen MR) is 77.6 cm³/mol. The van der Waals surface area contributed by atoms with Gasteiger partial charge in [0.25, 0.3) is 0 Å². The topological polar surface area (TPSA) is 79.9 Å². The second-order valence-corrected chi connectivity index (χ2v) is 4.69. The molecule has 0 saturated heterocycles. The maximum atomic E-state index is 11.4. The van der Waals surface area contributed by atoms with Crippen molar-refractivity contribution in [2.45, 2.75) is 33.1 Å². The number of unbranched alkanes of at least 4 members (excludes halogenated alkanes) is 1. The summed E-state index contributed by atoms with van der Waals surface area (Å²) in [4.78, 5) is 15.7. The van der Waals surface area contributed by atoms with E-state index >= 15 is 0 Å². The van der Waals surface area contributed by atoms with E-state index in [4.69, 9.17) is 4.74 Å². The number of rotatable bonds is 7. The highest BCUT2D eigenvalue weighted by atomic mass is 16.5. The molecule has 6 nitrogen and oxygen atoms in total. The Morgan fingerprint density at radius 2 is 2.35 bits per heavy atom. The van der Waals surface area contributed by atoms with Crippen LogP contribution in [0.4, 0.5) is 5.69 Å². The van der Waals surface area contributed by atoms with Gasteiger partial charge in [-0.3, -0.25) is 9.89 Å². The van der Waals surface area contributed by atoms with Crippen molar-refractivity contribution in [2.75, 3.05) is 18.5 Å². The number of carbonyl (C=O) groups is 1. The van der Waals surface area contributed by atoms with Crippen LogP contribution in [0, 0.1) is 6.92 Å². The summed E-state index contributed by atoms with van der Waals surface area (Å²) < 4.78 is 5.15. The standard InChI is InChI=1S/C14H20N4O2/c1-3-4-5-13(19)20-7-6-15-12-8-10(2)17-14-11(12)9-16-18-14/h8-9H,3-7H2,1-2H3,(H2,15,16,17,18). The lowest BCUT2D eigenvalue weighted by Crippen LogP contribution is -2.13. The number of anilines is 1. The molecule has 2 N–H and O–H groups in total. The molecule has 0 fully saturated rings. The molecule has 0 aromatic carbocycles. The number of fused-ring (bicyclic) bond motifs is 1. The van der Waals surface area contributed by atoms with Gasteiger partial charge in [-0.1, -0.05) is 13.3 Å². The Kier molecular flexibility index (Phi) is 4.92. The Labute approximate surface area is 117 Å². The molecule has 0 unspecified atom stereocenters. The number of aromatic nitrogens is 3. The molecule has 0 spiro atoms. The van der Waals surface area contributed by atoms with Crippen LogP contribution in [0.25, 0.3) is 11.0 Å². The smallest absolute Gasteiger partial charge is 0.305 e. The third-order valence-corrected chi connectivity index (χ3v) is 2.97. The molecule has 0 aliphatic heterocycles. The highest BCUT2D eigenvalue weighted by Gasteiger charge is 2.06. The number of nitrogens with one attached hydrogen (secondary N) is 2. The maximum absolute atomic E-state index is 11.4. The molecule has 2 heterocycles. The van der Waals surface area contributed by atoms with Crippen LogP contribution in [0.3, 0.4) is 0 Å². The molecular formula is C14H20N4O2. The Morgan fingerprint density at radius 3 is 3.15 bits per heavy atom. The molecule has 2 aromatic heterocycles. The van der Waals surface area contributed by atoms with E-state index in [-0.39, 0.29) is 5.97 Å². The van der Waals surface area contributed by atoms with Crippen LogP contribution < -0.4 is 5.32 Å². The molecular weight excluding hydrogens is 256 g/mol. The number of pyridine rings is 1. The van der Waals surface area contributed by atoms with E-state index in [0.29, 0.717) is 19.6 Å². The van der Waals surface area contributed by atoms with Gasteiger partial charge in [-0.05, 0) is 19.4 Å². The summed E-state index contributed by atoms with van der Waals surface area (Å²) in [7, 11) is 0. The highest BCUT2D eigenvalue weighted by Crippen LogP contribution is 2.20. The van der Waals surface area contributed by atoms with Crippen LogP contribution in [0.1, 0.15) is 31.9 Å². The third kappa shape index (κ3) is 3.69. The number of hydrogen-bond donors (Lipinski definition) is 2. The van der Waals surface area contributed by atoms with E-state index in [9.17, 15) is 4.79 Å². The molecule has 0 saturated carbocycles. The number of ether oxygens (including phenoxy) is 1. The summed E-state index contributed by atoms with van der Waals surface area (Å²) in [6.07, 6.45) is 4.11. The average molecular weight is 276 g/mol. The number of aromatic amines is 1. The molecule has 0 bridgehead atoms. The zero-order valence-corrected chi connectivity index (χ0v) is 11.9. The van der Waals surface area contributed by atoms with Crippen molar-refractivity contribution in [1.29, 1.82) is 0 Å². The van der Waals surface area contributed by atoms with Gasteiger partial charge in [-0.2, -0.15) is 5.10 Å². The van der Waals surface area contributed by atoms with Crippen molar-refractivity contribution in [1.82, 2.24) is 15.2 Å². The maximum Gasteiger partial charge on any atom is 0.305 e. The van der Waals surface area contributed by atoms with Crippen molar-refractivity contribution in [3.8, 4) is 0 Å². The summed E-state index contributed by atoms with van der Waals surface area (Å²) in [6.45, 7) is 4.91. The molecule has 0 amide bonds. The number of esters is 1. The van der Waals surface area contributed by atoms with Gasteiger partial charge in [0.1, 0.15) is 6.61 Å². The molecule has 0 radical (unpaired) electrons. The highest BCUT2D eigenvalue weighted by molar-refractivity contribution is 5.88. The number of carbonyl (C=O) groups excluding carboxylic acids is 1. The second kappa shape index (κ2) is 6.88. The van der Waals surface area contributed by atoms with Crippen molar-refractivity contribution in [2.24, 2.45) is 0 Å². The van der Waals surface area contributed by atoms with Crippen LogP contribution >= 0.6 is 0 Å². The van der Waals surface area contributed by atoms with E-state index in [0.717, 1.165) is 35.3 Å². The van der Waals surface area contributed by atoms with Gasteiger partial charge in [0.2, 0.25) is 0 Å². The van der Waals surface area contributed by atoms with Crippen LogP contribution in [0.15, 0.2) is 12.3 Å². The fraction of sp³-hybridized carbons (Fsp3) is 0.500.